The summed E-state index contributed by atoms with van der Waals surface area (Å²) >= 11 is 0. The van der Waals surface area contributed by atoms with Crippen LogP contribution in [0.25, 0.3) is 5.57 Å². The minimum atomic E-state index is -0.420. The molecule has 0 radical (unpaired) electrons. The molecular formula is C21H24N4O2. The van der Waals surface area contributed by atoms with Crippen LogP contribution in [0.3, 0.4) is 0 Å². The van der Waals surface area contributed by atoms with Gasteiger partial charge < -0.3 is 4.90 Å². The number of nitro benzene ring substituents is 1. The van der Waals surface area contributed by atoms with Crippen molar-refractivity contribution < 1.29 is 4.92 Å². The van der Waals surface area contributed by atoms with Crippen LogP contribution in [-0.2, 0) is 0 Å². The van der Waals surface area contributed by atoms with Crippen molar-refractivity contribution in [3.8, 4) is 0 Å². The molecule has 2 aromatic carbocycles. The van der Waals surface area contributed by atoms with E-state index in [0.717, 1.165) is 12.1 Å². The fraction of sp³-hybridized carbons (Fsp3) is 0.286. The van der Waals surface area contributed by atoms with Gasteiger partial charge in [-0.05, 0) is 63.1 Å². The number of hydrogen-bond donors (Lipinski definition) is 1. The van der Waals surface area contributed by atoms with E-state index in [0.29, 0.717) is 5.69 Å². The van der Waals surface area contributed by atoms with Gasteiger partial charge in [-0.3, -0.25) is 15.5 Å². The highest BCUT2D eigenvalue weighted by molar-refractivity contribution is 5.88. The molecule has 0 aromatic heterocycles. The molecule has 1 heterocycles. The first-order valence-corrected chi connectivity index (χ1v) is 8.97. The van der Waals surface area contributed by atoms with Gasteiger partial charge in [0.1, 0.15) is 0 Å². The van der Waals surface area contributed by atoms with E-state index in [2.05, 4.69) is 67.4 Å². The number of nitrogens with one attached hydrogen (secondary N) is 1. The predicted molar refractivity (Wildman–Crippen MR) is 112 cm³/mol. The van der Waals surface area contributed by atoms with Gasteiger partial charge in [-0.25, -0.2) is 0 Å². The SMILES string of the molecule is CCN1c2ccc(/C=N\Nc3ccc([N+](=O)[O-])cc3)cc2C(C)=CC1(C)C. The van der Waals surface area contributed by atoms with Crippen LogP contribution in [0.1, 0.15) is 38.8 Å². The van der Waals surface area contributed by atoms with Crippen LogP contribution in [0.5, 0.6) is 0 Å². The Kier molecular flexibility index (Phi) is 4.99. The number of allylic oxidation sites excluding steroid dienone is 1. The van der Waals surface area contributed by atoms with E-state index in [9.17, 15) is 10.1 Å². The lowest BCUT2D eigenvalue weighted by atomic mass is 9.88. The van der Waals surface area contributed by atoms with E-state index in [1.54, 1.807) is 18.3 Å². The van der Waals surface area contributed by atoms with Crippen LogP contribution in [0.15, 0.2) is 53.6 Å². The summed E-state index contributed by atoms with van der Waals surface area (Å²) < 4.78 is 0. The number of nitro groups is 1. The second-order valence-electron chi connectivity index (χ2n) is 7.18. The molecule has 0 spiro atoms. The fourth-order valence-corrected chi connectivity index (χ4v) is 3.60. The van der Waals surface area contributed by atoms with Crippen LogP contribution < -0.4 is 10.3 Å². The van der Waals surface area contributed by atoms with Crippen LogP contribution in [-0.4, -0.2) is 23.2 Å². The molecule has 0 unspecified atom stereocenters. The summed E-state index contributed by atoms with van der Waals surface area (Å²) in [6.45, 7) is 9.71. The first-order valence-electron chi connectivity index (χ1n) is 8.97. The second kappa shape index (κ2) is 7.23. The third-order valence-corrected chi connectivity index (χ3v) is 4.80. The number of hydrogen-bond acceptors (Lipinski definition) is 5. The van der Waals surface area contributed by atoms with Crippen molar-refractivity contribution in [3.05, 3.63) is 69.8 Å². The summed E-state index contributed by atoms with van der Waals surface area (Å²) in [5, 5.41) is 14.9. The van der Waals surface area contributed by atoms with Crippen molar-refractivity contribution in [2.24, 2.45) is 5.10 Å². The molecule has 0 saturated carbocycles. The average molecular weight is 364 g/mol. The zero-order valence-electron chi connectivity index (χ0n) is 16.1. The van der Waals surface area contributed by atoms with Gasteiger partial charge in [0.25, 0.3) is 5.69 Å². The molecule has 0 bridgehead atoms. The number of anilines is 2. The third-order valence-electron chi connectivity index (χ3n) is 4.80. The fourth-order valence-electron chi connectivity index (χ4n) is 3.60. The molecule has 0 aliphatic carbocycles. The van der Waals surface area contributed by atoms with E-state index in [-0.39, 0.29) is 11.2 Å². The van der Waals surface area contributed by atoms with Crippen LogP contribution in [0, 0.1) is 10.1 Å². The molecule has 1 aliphatic heterocycles. The number of likely N-dealkylation sites (N-methyl/N-ethyl adjacent to an activating group) is 1. The Labute approximate surface area is 159 Å². The number of non-ortho nitro benzene ring substituents is 1. The highest BCUT2D eigenvalue weighted by atomic mass is 16.6. The predicted octanol–water partition coefficient (Wildman–Crippen LogP) is 5.06. The average Bonchev–Trinajstić information content (AvgIpc) is 2.62. The first-order chi connectivity index (χ1) is 12.8. The Bertz CT molecular complexity index is 914. The van der Waals surface area contributed by atoms with Gasteiger partial charge in [0.15, 0.2) is 0 Å². The molecule has 1 N–H and O–H groups in total. The number of nitrogens with zero attached hydrogens (tertiary/aromatic N) is 3. The van der Waals surface area contributed by atoms with E-state index in [1.165, 1.54) is 29.0 Å². The minimum Gasteiger partial charge on any atom is -0.363 e. The Morgan fingerprint density at radius 1 is 1.22 bits per heavy atom. The van der Waals surface area contributed by atoms with Crippen molar-refractivity contribution in [1.29, 1.82) is 0 Å². The summed E-state index contributed by atoms with van der Waals surface area (Å²) in [4.78, 5) is 12.7. The van der Waals surface area contributed by atoms with Gasteiger partial charge in [0.2, 0.25) is 0 Å². The number of benzene rings is 2. The lowest BCUT2D eigenvalue weighted by Gasteiger charge is -2.42. The second-order valence-corrected chi connectivity index (χ2v) is 7.18. The molecule has 6 heteroatoms. The first kappa shape index (κ1) is 18.6. The number of fused-ring (bicyclic) bond motifs is 1. The monoisotopic (exact) mass is 364 g/mol. The quantitative estimate of drug-likeness (QED) is 0.457. The van der Waals surface area contributed by atoms with Gasteiger partial charge in [-0.2, -0.15) is 5.10 Å². The van der Waals surface area contributed by atoms with E-state index < -0.39 is 4.92 Å². The molecular weight excluding hydrogens is 340 g/mol. The Balaban J connectivity index is 1.78. The summed E-state index contributed by atoms with van der Waals surface area (Å²) in [5.74, 6) is 0. The molecule has 0 fully saturated rings. The van der Waals surface area contributed by atoms with Gasteiger partial charge in [0.05, 0.1) is 22.4 Å². The minimum absolute atomic E-state index is 0.00108. The molecule has 27 heavy (non-hydrogen) atoms. The zero-order valence-corrected chi connectivity index (χ0v) is 16.1. The summed E-state index contributed by atoms with van der Waals surface area (Å²) in [5.41, 5.74) is 8.37. The maximum atomic E-state index is 10.7. The molecule has 0 atom stereocenters. The largest absolute Gasteiger partial charge is 0.363 e. The van der Waals surface area contributed by atoms with E-state index in [4.69, 9.17) is 0 Å². The molecule has 3 rings (SSSR count). The Hall–Kier alpha value is -3.15. The van der Waals surface area contributed by atoms with Gasteiger partial charge in [-0.1, -0.05) is 12.1 Å². The molecule has 140 valence electrons. The maximum absolute atomic E-state index is 10.7. The topological polar surface area (TPSA) is 70.8 Å². The molecule has 0 saturated heterocycles. The van der Waals surface area contributed by atoms with Crippen molar-refractivity contribution in [1.82, 2.24) is 0 Å². The number of rotatable bonds is 5. The number of hydrazone groups is 1. The third kappa shape index (κ3) is 3.84. The van der Waals surface area contributed by atoms with Gasteiger partial charge in [0, 0.05) is 29.9 Å². The zero-order chi connectivity index (χ0) is 19.6. The maximum Gasteiger partial charge on any atom is 0.269 e. The molecule has 0 amide bonds. The van der Waals surface area contributed by atoms with E-state index in [1.807, 2.05) is 0 Å². The summed E-state index contributed by atoms with van der Waals surface area (Å²) in [6, 6.07) is 12.5. The van der Waals surface area contributed by atoms with Gasteiger partial charge in [-0.15, -0.1) is 0 Å². The van der Waals surface area contributed by atoms with Crippen molar-refractivity contribution in [2.75, 3.05) is 16.9 Å². The lowest BCUT2D eigenvalue weighted by Crippen LogP contribution is -2.44. The molecule has 1 aliphatic rings. The highest BCUT2D eigenvalue weighted by Crippen LogP contribution is 2.38. The molecule has 2 aromatic rings. The van der Waals surface area contributed by atoms with Crippen LogP contribution in [0.2, 0.25) is 0 Å². The lowest BCUT2D eigenvalue weighted by molar-refractivity contribution is -0.384. The van der Waals surface area contributed by atoms with Crippen LogP contribution in [0.4, 0.5) is 17.1 Å². The van der Waals surface area contributed by atoms with E-state index >= 15 is 0 Å². The Morgan fingerprint density at radius 2 is 1.93 bits per heavy atom. The Morgan fingerprint density at radius 3 is 2.56 bits per heavy atom. The normalized spacial score (nSPS) is 15.4. The van der Waals surface area contributed by atoms with Crippen LogP contribution >= 0.6 is 0 Å². The van der Waals surface area contributed by atoms with Crippen molar-refractivity contribution >= 4 is 28.8 Å². The standard InChI is InChI=1S/C21H24N4O2/c1-5-24-20-11-6-16(12-19(20)15(2)13-21(24,3)4)14-22-23-17-7-9-18(10-8-17)25(26)27/h6-14,23H,5H2,1-4H3/b22-14-. The summed E-state index contributed by atoms with van der Waals surface area (Å²) in [6.07, 6.45) is 4.06. The summed E-state index contributed by atoms with van der Waals surface area (Å²) in [7, 11) is 0. The van der Waals surface area contributed by atoms with Crippen molar-refractivity contribution in [3.63, 3.8) is 0 Å². The van der Waals surface area contributed by atoms with Crippen molar-refractivity contribution in [2.45, 2.75) is 33.2 Å². The van der Waals surface area contributed by atoms with Gasteiger partial charge >= 0.3 is 0 Å². The molecule has 6 nitrogen and oxygen atoms in total. The highest BCUT2D eigenvalue weighted by Gasteiger charge is 2.29. The smallest absolute Gasteiger partial charge is 0.269 e.